The summed E-state index contributed by atoms with van der Waals surface area (Å²) in [6.45, 7) is 7.81. The molecular weight excluding hydrogens is 402 g/mol. The third-order valence-corrected chi connectivity index (χ3v) is 6.32. The lowest BCUT2D eigenvalue weighted by molar-refractivity contribution is -0.194. The number of rotatable bonds is 6. The van der Waals surface area contributed by atoms with Gasteiger partial charge in [0.1, 0.15) is 19.0 Å². The average molecular weight is 432 g/mol. The Hall–Kier alpha value is -3.05. The maximum absolute atomic E-state index is 12.7. The normalized spacial score (nSPS) is 18.3. The van der Waals surface area contributed by atoms with Gasteiger partial charge in [-0.2, -0.15) is 0 Å². The molecule has 2 aliphatic heterocycles. The van der Waals surface area contributed by atoms with Crippen LogP contribution in [0.2, 0.25) is 0 Å². The van der Waals surface area contributed by atoms with E-state index in [9.17, 15) is 4.79 Å². The zero-order valence-corrected chi connectivity index (χ0v) is 18.9. The molecule has 0 N–H and O–H groups in total. The fourth-order valence-corrected chi connectivity index (χ4v) is 4.75. The SMILES string of the molecule is Cc1c2n(c(OCC3CC(C)(C)O3)cc1=O)CCc1cc(OCc3ccccc3)ccc1-2. The first-order valence-electron chi connectivity index (χ1n) is 11.2. The summed E-state index contributed by atoms with van der Waals surface area (Å²) in [4.78, 5) is 12.7. The van der Waals surface area contributed by atoms with Gasteiger partial charge in [-0.15, -0.1) is 0 Å². The van der Waals surface area contributed by atoms with Crippen LogP contribution in [0, 0.1) is 6.92 Å². The molecule has 1 atom stereocenters. The lowest BCUT2D eigenvalue weighted by Gasteiger charge is -2.42. The van der Waals surface area contributed by atoms with E-state index >= 15 is 0 Å². The van der Waals surface area contributed by atoms with Crippen LogP contribution in [0.15, 0.2) is 59.4 Å². The highest BCUT2D eigenvalue weighted by molar-refractivity contribution is 5.70. The second-order valence-corrected chi connectivity index (χ2v) is 9.33. The van der Waals surface area contributed by atoms with Crippen LogP contribution in [0.3, 0.4) is 0 Å². The smallest absolute Gasteiger partial charge is 0.197 e. The van der Waals surface area contributed by atoms with Crippen LogP contribution in [0.1, 0.15) is 37.0 Å². The molecule has 166 valence electrons. The first kappa shape index (κ1) is 20.8. The van der Waals surface area contributed by atoms with E-state index in [2.05, 4.69) is 42.7 Å². The van der Waals surface area contributed by atoms with E-state index in [4.69, 9.17) is 14.2 Å². The number of ether oxygens (including phenoxy) is 3. The Morgan fingerprint density at radius 3 is 2.62 bits per heavy atom. The summed E-state index contributed by atoms with van der Waals surface area (Å²) in [5.41, 5.74) is 5.02. The van der Waals surface area contributed by atoms with Gasteiger partial charge in [-0.3, -0.25) is 4.79 Å². The van der Waals surface area contributed by atoms with E-state index in [0.29, 0.717) is 19.1 Å². The highest BCUT2D eigenvalue weighted by atomic mass is 16.6. The van der Waals surface area contributed by atoms with E-state index in [1.54, 1.807) is 6.07 Å². The Kier molecular flexibility index (Phi) is 5.30. The molecule has 1 saturated heterocycles. The summed E-state index contributed by atoms with van der Waals surface area (Å²) in [5, 5.41) is 0. The van der Waals surface area contributed by atoms with Gasteiger partial charge in [0.2, 0.25) is 0 Å². The molecule has 5 heteroatoms. The molecule has 5 nitrogen and oxygen atoms in total. The van der Waals surface area contributed by atoms with Crippen LogP contribution in [0.4, 0.5) is 0 Å². The quantitative estimate of drug-likeness (QED) is 0.557. The lowest BCUT2D eigenvalue weighted by Crippen LogP contribution is -2.48. The van der Waals surface area contributed by atoms with Gasteiger partial charge in [0.05, 0.1) is 17.4 Å². The second-order valence-electron chi connectivity index (χ2n) is 9.33. The summed E-state index contributed by atoms with van der Waals surface area (Å²) < 4.78 is 20.1. The molecule has 0 spiro atoms. The molecule has 0 bridgehead atoms. The third kappa shape index (κ3) is 4.05. The maximum Gasteiger partial charge on any atom is 0.197 e. The molecular formula is C27H29NO4. The molecule has 0 aliphatic carbocycles. The minimum atomic E-state index is -0.0726. The number of pyridine rings is 1. The molecule has 0 radical (unpaired) electrons. The van der Waals surface area contributed by atoms with Crippen LogP contribution in [0.25, 0.3) is 11.3 Å². The Labute approximate surface area is 188 Å². The van der Waals surface area contributed by atoms with Gasteiger partial charge < -0.3 is 18.8 Å². The second kappa shape index (κ2) is 8.14. The number of fused-ring (bicyclic) bond motifs is 3. The topological polar surface area (TPSA) is 49.7 Å². The summed E-state index contributed by atoms with van der Waals surface area (Å²) in [7, 11) is 0. The molecule has 3 aromatic rings. The molecule has 1 unspecified atom stereocenters. The predicted molar refractivity (Wildman–Crippen MR) is 124 cm³/mol. The van der Waals surface area contributed by atoms with E-state index in [1.165, 1.54) is 5.56 Å². The highest BCUT2D eigenvalue weighted by Gasteiger charge is 2.37. The Morgan fingerprint density at radius 2 is 1.88 bits per heavy atom. The van der Waals surface area contributed by atoms with Gasteiger partial charge in [-0.05, 0) is 56.5 Å². The van der Waals surface area contributed by atoms with Crippen LogP contribution in [0.5, 0.6) is 11.6 Å². The van der Waals surface area contributed by atoms with Gasteiger partial charge in [0.15, 0.2) is 11.3 Å². The van der Waals surface area contributed by atoms with Gasteiger partial charge in [0, 0.05) is 30.2 Å². The minimum Gasteiger partial charge on any atom is -0.489 e. The van der Waals surface area contributed by atoms with E-state index in [0.717, 1.165) is 47.5 Å². The molecule has 2 aliphatic rings. The number of nitrogens with zero attached hydrogens (tertiary/aromatic N) is 1. The van der Waals surface area contributed by atoms with Crippen molar-refractivity contribution in [2.24, 2.45) is 0 Å². The van der Waals surface area contributed by atoms with Gasteiger partial charge in [-0.25, -0.2) is 0 Å². The molecule has 5 rings (SSSR count). The summed E-state index contributed by atoms with van der Waals surface area (Å²) in [6.07, 6.45) is 1.90. The van der Waals surface area contributed by atoms with Crippen molar-refractivity contribution in [2.75, 3.05) is 6.61 Å². The summed E-state index contributed by atoms with van der Waals surface area (Å²) >= 11 is 0. The molecule has 0 saturated carbocycles. The van der Waals surface area contributed by atoms with Crippen molar-refractivity contribution < 1.29 is 14.2 Å². The molecule has 2 aromatic carbocycles. The Balaban J connectivity index is 1.39. The number of hydrogen-bond acceptors (Lipinski definition) is 4. The van der Waals surface area contributed by atoms with Crippen molar-refractivity contribution in [3.8, 4) is 22.9 Å². The van der Waals surface area contributed by atoms with Gasteiger partial charge in [-0.1, -0.05) is 30.3 Å². The van der Waals surface area contributed by atoms with Crippen molar-refractivity contribution in [2.45, 2.75) is 58.5 Å². The molecule has 1 fully saturated rings. The third-order valence-electron chi connectivity index (χ3n) is 6.32. The summed E-state index contributed by atoms with van der Waals surface area (Å²) in [6, 6.07) is 17.9. The molecule has 1 aromatic heterocycles. The first-order chi connectivity index (χ1) is 15.4. The van der Waals surface area contributed by atoms with Crippen molar-refractivity contribution in [1.29, 1.82) is 0 Å². The van der Waals surface area contributed by atoms with Gasteiger partial charge >= 0.3 is 0 Å². The zero-order valence-electron chi connectivity index (χ0n) is 18.9. The van der Waals surface area contributed by atoms with Crippen molar-refractivity contribution in [1.82, 2.24) is 4.57 Å². The van der Waals surface area contributed by atoms with E-state index in [1.807, 2.05) is 31.2 Å². The van der Waals surface area contributed by atoms with Gasteiger partial charge in [0.25, 0.3) is 0 Å². The van der Waals surface area contributed by atoms with E-state index < -0.39 is 0 Å². The molecule has 32 heavy (non-hydrogen) atoms. The van der Waals surface area contributed by atoms with Crippen molar-refractivity contribution in [3.63, 3.8) is 0 Å². The molecule has 3 heterocycles. The molecule has 0 amide bonds. The standard InChI is InChI=1S/C27H29NO4/c1-18-24(29)14-25(31-17-22-15-27(2,3)32-22)28-12-11-20-13-21(9-10-23(20)26(18)28)30-16-19-7-5-4-6-8-19/h4-10,13-14,22H,11-12,15-17H2,1-3H3. The monoisotopic (exact) mass is 431 g/mol. The maximum atomic E-state index is 12.7. The Morgan fingerprint density at radius 1 is 1.09 bits per heavy atom. The predicted octanol–water partition coefficient (Wildman–Crippen LogP) is 4.91. The number of aryl methyl sites for hydroxylation is 1. The number of benzene rings is 2. The van der Waals surface area contributed by atoms with Crippen LogP contribution in [-0.4, -0.2) is 22.9 Å². The fraction of sp³-hybridized carbons (Fsp3) is 0.370. The van der Waals surface area contributed by atoms with Crippen molar-refractivity contribution >= 4 is 0 Å². The number of hydrogen-bond donors (Lipinski definition) is 0. The summed E-state index contributed by atoms with van der Waals surface area (Å²) in [5.74, 6) is 1.47. The van der Waals surface area contributed by atoms with Crippen LogP contribution < -0.4 is 14.9 Å². The average Bonchev–Trinajstić information content (AvgIpc) is 2.77. The van der Waals surface area contributed by atoms with Crippen LogP contribution >= 0.6 is 0 Å². The minimum absolute atomic E-state index is 0.00152. The highest BCUT2D eigenvalue weighted by Crippen LogP contribution is 2.36. The van der Waals surface area contributed by atoms with Crippen molar-refractivity contribution in [3.05, 3.63) is 81.5 Å². The fourth-order valence-electron chi connectivity index (χ4n) is 4.75. The van der Waals surface area contributed by atoms with Crippen LogP contribution in [-0.2, 0) is 24.3 Å². The number of aromatic nitrogens is 1. The lowest BCUT2D eigenvalue weighted by atomic mass is 9.93. The zero-order chi connectivity index (χ0) is 22.3. The first-order valence-corrected chi connectivity index (χ1v) is 11.2. The largest absolute Gasteiger partial charge is 0.489 e. The van der Waals surface area contributed by atoms with E-state index in [-0.39, 0.29) is 17.1 Å². The Bertz CT molecular complexity index is 1190.